The van der Waals surface area contributed by atoms with Crippen LogP contribution in [0, 0.1) is 5.92 Å². The van der Waals surface area contributed by atoms with Crippen LogP contribution in [0.2, 0.25) is 0 Å². The smallest absolute Gasteiger partial charge is 0.213 e. The summed E-state index contributed by atoms with van der Waals surface area (Å²) in [6.07, 6.45) is 4.75. The fourth-order valence-corrected chi connectivity index (χ4v) is 5.26. The predicted octanol–water partition coefficient (Wildman–Crippen LogP) is 4.82. The second kappa shape index (κ2) is 6.11. The number of piperidine rings is 3. The van der Waals surface area contributed by atoms with Gasteiger partial charge in [0.1, 0.15) is 6.10 Å². The highest BCUT2D eigenvalue weighted by Gasteiger charge is 2.41. The summed E-state index contributed by atoms with van der Waals surface area (Å²) >= 11 is 1.78. The number of ether oxygens (including phenoxy) is 1. The summed E-state index contributed by atoms with van der Waals surface area (Å²) in [4.78, 5) is 7.17. The van der Waals surface area contributed by atoms with Gasteiger partial charge in [-0.05, 0) is 67.9 Å². The van der Waals surface area contributed by atoms with Gasteiger partial charge >= 0.3 is 0 Å². The number of benzene rings is 1. The number of hydrogen-bond donors (Lipinski definition) is 0. The van der Waals surface area contributed by atoms with Gasteiger partial charge < -0.3 is 4.74 Å². The summed E-state index contributed by atoms with van der Waals surface area (Å²) in [6, 6.07) is 13.3. The van der Waals surface area contributed by atoms with E-state index in [9.17, 15) is 0 Å². The van der Waals surface area contributed by atoms with Crippen LogP contribution < -0.4 is 4.74 Å². The Labute approximate surface area is 152 Å². The Hall–Kier alpha value is -1.91. The Morgan fingerprint density at radius 3 is 2.76 bits per heavy atom. The summed E-state index contributed by atoms with van der Waals surface area (Å²) < 4.78 is 7.63. The van der Waals surface area contributed by atoms with Gasteiger partial charge in [0.15, 0.2) is 0 Å². The zero-order chi connectivity index (χ0) is 16.8. The number of hydrogen-bond acceptors (Lipinski definition) is 4. The van der Waals surface area contributed by atoms with Gasteiger partial charge in [-0.25, -0.2) is 4.98 Å². The van der Waals surface area contributed by atoms with Gasteiger partial charge in [-0.15, -0.1) is 11.3 Å². The molecule has 4 heteroatoms. The maximum absolute atomic E-state index is 6.31. The van der Waals surface area contributed by atoms with E-state index < -0.39 is 0 Å². The normalized spacial score (nSPS) is 28.4. The standard InChI is InChI=1S/C21H22N2OS/c1-14-21(15-7-10-23(14)11-8-15)24-20-6-5-16(13-22-20)17-3-2-4-19-18(17)9-12-25-19/h2-6,9,12-15,21H,7-8,10-11H2,1H3. The first-order valence-electron chi connectivity index (χ1n) is 9.13. The van der Waals surface area contributed by atoms with E-state index in [-0.39, 0.29) is 6.10 Å². The average molecular weight is 350 g/mol. The lowest BCUT2D eigenvalue weighted by atomic mass is 9.81. The fourth-order valence-electron chi connectivity index (χ4n) is 4.45. The third-order valence-corrected chi connectivity index (χ3v) is 6.77. The lowest BCUT2D eigenvalue weighted by Gasteiger charge is -2.49. The molecule has 2 atom stereocenters. The first-order valence-corrected chi connectivity index (χ1v) is 10.0. The van der Waals surface area contributed by atoms with Crippen molar-refractivity contribution in [1.82, 2.24) is 9.88 Å². The number of aromatic nitrogens is 1. The Balaban J connectivity index is 1.40. The van der Waals surface area contributed by atoms with Gasteiger partial charge in [0, 0.05) is 34.0 Å². The van der Waals surface area contributed by atoms with Crippen LogP contribution in [0.1, 0.15) is 19.8 Å². The highest BCUT2D eigenvalue weighted by atomic mass is 32.1. The number of pyridine rings is 1. The fraction of sp³-hybridized carbons (Fsp3) is 0.381. The molecule has 6 rings (SSSR count). The molecule has 3 nitrogen and oxygen atoms in total. The van der Waals surface area contributed by atoms with E-state index in [0.717, 1.165) is 11.4 Å². The molecule has 25 heavy (non-hydrogen) atoms. The minimum Gasteiger partial charge on any atom is -0.472 e. The quantitative estimate of drug-likeness (QED) is 0.677. The lowest BCUT2D eigenvalue weighted by molar-refractivity contribution is -0.0525. The molecule has 3 saturated heterocycles. The highest BCUT2D eigenvalue weighted by Crippen LogP contribution is 2.35. The van der Waals surface area contributed by atoms with Crippen molar-refractivity contribution in [1.29, 1.82) is 0 Å². The Kier molecular flexibility index (Phi) is 3.75. The van der Waals surface area contributed by atoms with E-state index in [2.05, 4.69) is 52.5 Å². The first kappa shape index (κ1) is 15.4. The van der Waals surface area contributed by atoms with Gasteiger partial charge in [-0.3, -0.25) is 4.90 Å². The van der Waals surface area contributed by atoms with Crippen molar-refractivity contribution >= 4 is 21.4 Å². The largest absolute Gasteiger partial charge is 0.472 e. The Bertz CT molecular complexity index is 878. The maximum atomic E-state index is 6.31. The van der Waals surface area contributed by atoms with Gasteiger partial charge in [-0.1, -0.05) is 12.1 Å². The molecule has 1 aromatic carbocycles. The topological polar surface area (TPSA) is 25.4 Å². The molecular weight excluding hydrogens is 328 g/mol. The van der Waals surface area contributed by atoms with Crippen molar-refractivity contribution in [3.63, 3.8) is 0 Å². The molecule has 0 saturated carbocycles. The average Bonchev–Trinajstić information content (AvgIpc) is 3.14. The molecule has 5 heterocycles. The maximum Gasteiger partial charge on any atom is 0.213 e. The van der Waals surface area contributed by atoms with E-state index in [0.29, 0.717) is 12.0 Å². The van der Waals surface area contributed by atoms with Crippen LogP contribution in [0.15, 0.2) is 48.0 Å². The van der Waals surface area contributed by atoms with Crippen molar-refractivity contribution in [3.05, 3.63) is 48.0 Å². The van der Waals surface area contributed by atoms with Gasteiger partial charge in [-0.2, -0.15) is 0 Å². The third kappa shape index (κ3) is 2.64. The number of rotatable bonds is 3. The van der Waals surface area contributed by atoms with Crippen molar-refractivity contribution in [3.8, 4) is 17.0 Å². The molecule has 3 aromatic rings. The van der Waals surface area contributed by atoms with Gasteiger partial charge in [0.25, 0.3) is 0 Å². The predicted molar refractivity (Wildman–Crippen MR) is 103 cm³/mol. The van der Waals surface area contributed by atoms with Crippen molar-refractivity contribution in [2.24, 2.45) is 5.92 Å². The molecule has 0 radical (unpaired) electrons. The van der Waals surface area contributed by atoms with Gasteiger partial charge in [0.2, 0.25) is 5.88 Å². The molecule has 3 aliphatic rings. The minimum atomic E-state index is 0.279. The van der Waals surface area contributed by atoms with E-state index in [4.69, 9.17) is 4.74 Å². The molecule has 2 aromatic heterocycles. The summed E-state index contributed by atoms with van der Waals surface area (Å²) in [5.41, 5.74) is 2.40. The first-order chi connectivity index (χ1) is 12.3. The minimum absolute atomic E-state index is 0.279. The molecule has 3 fully saturated rings. The summed E-state index contributed by atoms with van der Waals surface area (Å²) in [5.74, 6) is 1.44. The molecule has 128 valence electrons. The van der Waals surface area contributed by atoms with E-state index in [1.807, 2.05) is 12.3 Å². The van der Waals surface area contributed by atoms with E-state index >= 15 is 0 Å². The molecule has 0 aliphatic carbocycles. The van der Waals surface area contributed by atoms with Crippen molar-refractivity contribution < 1.29 is 4.74 Å². The summed E-state index contributed by atoms with van der Waals surface area (Å²) in [5, 5.41) is 3.45. The zero-order valence-corrected chi connectivity index (χ0v) is 15.2. The van der Waals surface area contributed by atoms with Crippen LogP contribution >= 0.6 is 11.3 Å². The number of nitrogens with zero attached hydrogens (tertiary/aromatic N) is 2. The molecule has 2 unspecified atom stereocenters. The van der Waals surface area contributed by atoms with E-state index in [1.165, 1.54) is 41.6 Å². The molecular formula is C21H22N2OS. The van der Waals surface area contributed by atoms with Crippen LogP contribution in [0.4, 0.5) is 0 Å². The van der Waals surface area contributed by atoms with E-state index in [1.54, 1.807) is 11.3 Å². The second-order valence-electron chi connectivity index (χ2n) is 7.22. The summed E-state index contributed by atoms with van der Waals surface area (Å²) in [7, 11) is 0. The highest BCUT2D eigenvalue weighted by molar-refractivity contribution is 7.17. The van der Waals surface area contributed by atoms with Crippen LogP contribution in [0.5, 0.6) is 5.88 Å². The second-order valence-corrected chi connectivity index (χ2v) is 8.17. The van der Waals surface area contributed by atoms with Crippen molar-refractivity contribution in [2.75, 3.05) is 13.1 Å². The van der Waals surface area contributed by atoms with Crippen molar-refractivity contribution in [2.45, 2.75) is 31.9 Å². The number of thiophene rings is 1. The molecule has 3 aliphatic heterocycles. The monoisotopic (exact) mass is 350 g/mol. The summed E-state index contributed by atoms with van der Waals surface area (Å²) in [6.45, 7) is 4.74. The third-order valence-electron chi connectivity index (χ3n) is 5.89. The van der Waals surface area contributed by atoms with Crippen LogP contribution in [-0.4, -0.2) is 35.1 Å². The lowest BCUT2D eigenvalue weighted by Crippen LogP contribution is -2.58. The van der Waals surface area contributed by atoms with Crippen LogP contribution in [-0.2, 0) is 0 Å². The molecule has 0 spiro atoms. The van der Waals surface area contributed by atoms with Crippen LogP contribution in [0.3, 0.4) is 0 Å². The molecule has 0 amide bonds. The Morgan fingerprint density at radius 1 is 1.12 bits per heavy atom. The molecule has 0 N–H and O–H groups in total. The molecule has 2 bridgehead atoms. The SMILES string of the molecule is CC1C(Oc2ccc(-c3cccc4sccc34)cn2)C2CCN1CC2. The van der Waals surface area contributed by atoms with Crippen LogP contribution in [0.25, 0.3) is 21.2 Å². The van der Waals surface area contributed by atoms with Gasteiger partial charge in [0.05, 0.1) is 0 Å². The Morgan fingerprint density at radius 2 is 2.00 bits per heavy atom. The zero-order valence-electron chi connectivity index (χ0n) is 14.4. The number of fused-ring (bicyclic) bond motifs is 4.